The predicted octanol–water partition coefficient (Wildman–Crippen LogP) is 4.14. The van der Waals surface area contributed by atoms with E-state index in [9.17, 15) is 0 Å². The lowest BCUT2D eigenvalue weighted by Gasteiger charge is -2.05. The van der Waals surface area contributed by atoms with Crippen LogP contribution in [0.4, 0.5) is 0 Å². The Bertz CT molecular complexity index is 454. The molecular weight excluding hydrogens is 229 g/mol. The Balaban J connectivity index is 2.52. The van der Waals surface area contributed by atoms with E-state index >= 15 is 0 Å². The molecule has 0 unspecified atom stereocenters. The van der Waals surface area contributed by atoms with Gasteiger partial charge >= 0.3 is 0 Å². The average Bonchev–Trinajstić information content (AvgIpc) is 2.31. The Kier molecular flexibility index (Phi) is 3.24. The van der Waals surface area contributed by atoms with E-state index in [2.05, 4.69) is 4.98 Å². The molecular formula is C12H9Cl2N. The molecule has 0 atom stereocenters. The number of halogens is 2. The molecule has 2 aromatic rings. The molecule has 0 aliphatic rings. The van der Waals surface area contributed by atoms with Crippen molar-refractivity contribution in [3.63, 3.8) is 0 Å². The maximum absolute atomic E-state index is 6.08. The SMILES string of the molecule is ClCc1cc(-c2ccccc2)c(Cl)cn1. The highest BCUT2D eigenvalue weighted by Crippen LogP contribution is 2.27. The van der Waals surface area contributed by atoms with Crippen molar-refractivity contribution in [2.75, 3.05) is 0 Å². The van der Waals surface area contributed by atoms with Gasteiger partial charge in [0.05, 0.1) is 16.6 Å². The minimum absolute atomic E-state index is 0.400. The highest BCUT2D eigenvalue weighted by atomic mass is 35.5. The van der Waals surface area contributed by atoms with Crippen LogP contribution in [0.5, 0.6) is 0 Å². The molecule has 1 aromatic carbocycles. The summed E-state index contributed by atoms with van der Waals surface area (Å²) in [7, 11) is 0. The molecule has 1 nitrogen and oxygen atoms in total. The van der Waals surface area contributed by atoms with Crippen molar-refractivity contribution in [1.82, 2.24) is 4.98 Å². The van der Waals surface area contributed by atoms with Crippen molar-refractivity contribution in [3.8, 4) is 11.1 Å². The van der Waals surface area contributed by atoms with Gasteiger partial charge in [-0.3, -0.25) is 4.98 Å². The van der Waals surface area contributed by atoms with Crippen LogP contribution in [0.15, 0.2) is 42.6 Å². The summed E-state index contributed by atoms with van der Waals surface area (Å²) in [4.78, 5) is 4.12. The number of rotatable bonds is 2. The summed E-state index contributed by atoms with van der Waals surface area (Å²) in [5.74, 6) is 0.400. The van der Waals surface area contributed by atoms with Crippen molar-refractivity contribution >= 4 is 23.2 Å². The lowest BCUT2D eigenvalue weighted by Crippen LogP contribution is -1.87. The number of nitrogens with zero attached hydrogens (tertiary/aromatic N) is 1. The first kappa shape index (κ1) is 10.5. The van der Waals surface area contributed by atoms with Gasteiger partial charge in [-0.15, -0.1) is 11.6 Å². The second-order valence-electron chi connectivity index (χ2n) is 3.16. The van der Waals surface area contributed by atoms with E-state index in [0.717, 1.165) is 16.8 Å². The van der Waals surface area contributed by atoms with E-state index in [0.29, 0.717) is 10.9 Å². The largest absolute Gasteiger partial charge is 0.258 e. The molecule has 0 saturated heterocycles. The first-order chi connectivity index (χ1) is 7.31. The maximum Gasteiger partial charge on any atom is 0.0667 e. The fourth-order valence-electron chi connectivity index (χ4n) is 1.39. The van der Waals surface area contributed by atoms with E-state index in [-0.39, 0.29) is 0 Å². The summed E-state index contributed by atoms with van der Waals surface area (Å²) in [5, 5.41) is 0.648. The molecule has 2 rings (SSSR count). The number of aromatic nitrogens is 1. The Morgan fingerprint density at radius 1 is 1.13 bits per heavy atom. The van der Waals surface area contributed by atoms with E-state index in [1.807, 2.05) is 36.4 Å². The second-order valence-corrected chi connectivity index (χ2v) is 3.83. The molecule has 0 aliphatic heterocycles. The third kappa shape index (κ3) is 2.31. The van der Waals surface area contributed by atoms with Crippen LogP contribution in [0.25, 0.3) is 11.1 Å². The molecule has 0 fully saturated rings. The Labute approximate surface area is 98.7 Å². The minimum atomic E-state index is 0.400. The average molecular weight is 238 g/mol. The summed E-state index contributed by atoms with van der Waals surface area (Å²) >= 11 is 11.8. The fraction of sp³-hybridized carbons (Fsp3) is 0.0833. The van der Waals surface area contributed by atoms with Crippen LogP contribution in [-0.2, 0) is 5.88 Å². The summed E-state index contributed by atoms with van der Waals surface area (Å²) in [6.07, 6.45) is 1.64. The molecule has 0 radical (unpaired) electrons. The molecule has 0 bridgehead atoms. The highest BCUT2D eigenvalue weighted by molar-refractivity contribution is 6.33. The zero-order valence-corrected chi connectivity index (χ0v) is 9.46. The van der Waals surface area contributed by atoms with Gasteiger partial charge in [-0.25, -0.2) is 0 Å². The zero-order chi connectivity index (χ0) is 10.7. The monoisotopic (exact) mass is 237 g/mol. The molecule has 1 heterocycles. The number of hydrogen-bond donors (Lipinski definition) is 0. The Morgan fingerprint density at radius 3 is 2.53 bits per heavy atom. The van der Waals surface area contributed by atoms with Crippen LogP contribution >= 0.6 is 23.2 Å². The quantitative estimate of drug-likeness (QED) is 0.716. The van der Waals surface area contributed by atoms with Crippen molar-refractivity contribution < 1.29 is 0 Å². The third-order valence-corrected chi connectivity index (χ3v) is 2.71. The van der Waals surface area contributed by atoms with Gasteiger partial charge in [-0.2, -0.15) is 0 Å². The highest BCUT2D eigenvalue weighted by Gasteiger charge is 2.04. The molecule has 0 N–H and O–H groups in total. The standard InChI is InChI=1S/C12H9Cl2N/c13-7-10-6-11(12(14)8-15-10)9-4-2-1-3-5-9/h1-6,8H,7H2. The molecule has 3 heteroatoms. The third-order valence-electron chi connectivity index (χ3n) is 2.13. The van der Waals surface area contributed by atoms with Crippen molar-refractivity contribution in [2.45, 2.75) is 5.88 Å². The van der Waals surface area contributed by atoms with E-state index < -0.39 is 0 Å². The summed E-state index contributed by atoms with van der Waals surface area (Å²) in [6, 6.07) is 11.9. The number of hydrogen-bond acceptors (Lipinski definition) is 1. The summed E-state index contributed by atoms with van der Waals surface area (Å²) < 4.78 is 0. The molecule has 15 heavy (non-hydrogen) atoms. The van der Waals surface area contributed by atoms with Crippen LogP contribution < -0.4 is 0 Å². The number of benzene rings is 1. The van der Waals surface area contributed by atoms with Crippen LogP contribution in [-0.4, -0.2) is 4.98 Å². The topological polar surface area (TPSA) is 12.9 Å². The first-order valence-electron chi connectivity index (χ1n) is 4.57. The molecule has 1 aromatic heterocycles. The Morgan fingerprint density at radius 2 is 1.87 bits per heavy atom. The van der Waals surface area contributed by atoms with Gasteiger partial charge in [-0.05, 0) is 11.6 Å². The lowest BCUT2D eigenvalue weighted by molar-refractivity contribution is 1.17. The fourth-order valence-corrected chi connectivity index (χ4v) is 1.75. The summed E-state index contributed by atoms with van der Waals surface area (Å²) in [5.41, 5.74) is 2.89. The van der Waals surface area contributed by atoms with Crippen LogP contribution in [0.1, 0.15) is 5.69 Å². The van der Waals surface area contributed by atoms with E-state index in [4.69, 9.17) is 23.2 Å². The molecule has 0 saturated carbocycles. The normalized spacial score (nSPS) is 10.3. The Hall–Kier alpha value is -1.05. The van der Waals surface area contributed by atoms with Crippen LogP contribution in [0.3, 0.4) is 0 Å². The maximum atomic E-state index is 6.08. The smallest absolute Gasteiger partial charge is 0.0667 e. The molecule has 0 aliphatic carbocycles. The lowest BCUT2D eigenvalue weighted by atomic mass is 10.1. The molecule has 0 amide bonds. The van der Waals surface area contributed by atoms with Crippen LogP contribution in [0, 0.1) is 0 Å². The van der Waals surface area contributed by atoms with Gasteiger partial charge in [0, 0.05) is 11.8 Å². The first-order valence-corrected chi connectivity index (χ1v) is 5.48. The molecule has 76 valence electrons. The second kappa shape index (κ2) is 4.65. The van der Waals surface area contributed by atoms with E-state index in [1.165, 1.54) is 0 Å². The zero-order valence-electron chi connectivity index (χ0n) is 7.95. The summed E-state index contributed by atoms with van der Waals surface area (Å²) in [6.45, 7) is 0. The van der Waals surface area contributed by atoms with E-state index in [1.54, 1.807) is 6.20 Å². The number of pyridine rings is 1. The van der Waals surface area contributed by atoms with Crippen LogP contribution in [0.2, 0.25) is 5.02 Å². The van der Waals surface area contributed by atoms with Gasteiger partial charge in [0.2, 0.25) is 0 Å². The number of alkyl halides is 1. The van der Waals surface area contributed by atoms with Gasteiger partial charge in [0.25, 0.3) is 0 Å². The van der Waals surface area contributed by atoms with Crippen molar-refractivity contribution in [1.29, 1.82) is 0 Å². The molecule has 0 spiro atoms. The van der Waals surface area contributed by atoms with Gasteiger partial charge in [0.1, 0.15) is 0 Å². The van der Waals surface area contributed by atoms with Gasteiger partial charge < -0.3 is 0 Å². The van der Waals surface area contributed by atoms with Gasteiger partial charge in [-0.1, -0.05) is 41.9 Å². The van der Waals surface area contributed by atoms with Gasteiger partial charge in [0.15, 0.2) is 0 Å². The minimum Gasteiger partial charge on any atom is -0.258 e. The predicted molar refractivity (Wildman–Crippen MR) is 64.2 cm³/mol. The van der Waals surface area contributed by atoms with Crippen molar-refractivity contribution in [2.24, 2.45) is 0 Å². The van der Waals surface area contributed by atoms with Crippen molar-refractivity contribution in [3.05, 3.63) is 53.3 Å².